The zero-order valence-electron chi connectivity index (χ0n) is 18.8. The molecule has 0 aliphatic heterocycles. The molecule has 31 heavy (non-hydrogen) atoms. The van der Waals surface area contributed by atoms with Crippen LogP contribution in [-0.2, 0) is 4.79 Å². The Kier molecular flexibility index (Phi) is 10.4. The maximum atomic E-state index is 12.5. The number of carbonyl (C=O) groups excluding carboxylic acids is 2. The fourth-order valence-electron chi connectivity index (χ4n) is 3.00. The number of carbonyl (C=O) groups is 2. The predicted molar refractivity (Wildman–Crippen MR) is 122 cm³/mol. The van der Waals surface area contributed by atoms with E-state index in [1.807, 2.05) is 30.3 Å². The van der Waals surface area contributed by atoms with Crippen molar-refractivity contribution in [2.24, 2.45) is 0 Å². The van der Waals surface area contributed by atoms with Crippen LogP contribution in [-0.4, -0.2) is 25.0 Å². The molecule has 6 nitrogen and oxygen atoms in total. The highest BCUT2D eigenvalue weighted by atomic mass is 16.5. The summed E-state index contributed by atoms with van der Waals surface area (Å²) in [6, 6.07) is 14.7. The van der Waals surface area contributed by atoms with Crippen LogP contribution < -0.4 is 20.3 Å². The Morgan fingerprint density at radius 1 is 0.903 bits per heavy atom. The number of hydrogen-bond donors (Lipinski definition) is 2. The van der Waals surface area contributed by atoms with Gasteiger partial charge in [0, 0.05) is 0 Å². The Morgan fingerprint density at radius 3 is 2.35 bits per heavy atom. The molecular weight excluding hydrogens is 392 g/mol. The molecule has 0 saturated heterocycles. The standard InChI is InChI=1S/C25H34N2O4/c1-4-6-7-10-17-30-23-12-9-8-11-22(23)25(29)27-26-24(28)18-31-21-15-13-20(14-16-21)19(3)5-2/h8-9,11-16,19H,4-7,10,17-18H2,1-3H3,(H,26,28)(H,27,29)/t19-/m1/s1. The van der Waals surface area contributed by atoms with E-state index in [0.717, 1.165) is 25.7 Å². The zero-order valence-corrected chi connectivity index (χ0v) is 18.8. The van der Waals surface area contributed by atoms with Gasteiger partial charge in [-0.25, -0.2) is 0 Å². The molecule has 0 fully saturated rings. The quantitative estimate of drug-likeness (QED) is 0.370. The number of benzene rings is 2. The number of rotatable bonds is 12. The lowest BCUT2D eigenvalue weighted by Gasteiger charge is -2.13. The van der Waals surface area contributed by atoms with Gasteiger partial charge in [-0.3, -0.25) is 20.4 Å². The Bertz CT molecular complexity index is 821. The first kappa shape index (κ1) is 24.3. The van der Waals surface area contributed by atoms with Gasteiger partial charge in [0.1, 0.15) is 11.5 Å². The van der Waals surface area contributed by atoms with Gasteiger partial charge in [-0.15, -0.1) is 0 Å². The van der Waals surface area contributed by atoms with Crippen molar-refractivity contribution in [3.05, 3.63) is 59.7 Å². The molecule has 0 saturated carbocycles. The molecule has 2 N–H and O–H groups in total. The number of nitrogens with one attached hydrogen (secondary N) is 2. The van der Waals surface area contributed by atoms with Crippen molar-refractivity contribution in [1.29, 1.82) is 0 Å². The van der Waals surface area contributed by atoms with Crippen molar-refractivity contribution in [2.75, 3.05) is 13.2 Å². The van der Waals surface area contributed by atoms with Crippen molar-refractivity contribution in [3.63, 3.8) is 0 Å². The second kappa shape index (κ2) is 13.3. The Hall–Kier alpha value is -3.02. The molecule has 0 radical (unpaired) electrons. The van der Waals surface area contributed by atoms with Gasteiger partial charge in [-0.1, -0.05) is 64.3 Å². The Labute approximate surface area is 185 Å². The van der Waals surface area contributed by atoms with Gasteiger partial charge in [0.05, 0.1) is 12.2 Å². The Morgan fingerprint density at radius 2 is 1.65 bits per heavy atom. The Balaban J connectivity index is 1.78. The van der Waals surface area contributed by atoms with Crippen LogP contribution in [0, 0.1) is 0 Å². The van der Waals surface area contributed by atoms with Gasteiger partial charge < -0.3 is 9.47 Å². The first-order valence-electron chi connectivity index (χ1n) is 11.1. The maximum absolute atomic E-state index is 12.5. The zero-order chi connectivity index (χ0) is 22.5. The number of para-hydroxylation sites is 1. The number of amides is 2. The highest BCUT2D eigenvalue weighted by molar-refractivity contribution is 5.97. The smallest absolute Gasteiger partial charge is 0.276 e. The summed E-state index contributed by atoms with van der Waals surface area (Å²) in [5.41, 5.74) is 6.41. The summed E-state index contributed by atoms with van der Waals surface area (Å²) in [7, 11) is 0. The van der Waals surface area contributed by atoms with Crippen molar-refractivity contribution in [1.82, 2.24) is 10.9 Å². The van der Waals surface area contributed by atoms with Gasteiger partial charge in [-0.05, 0) is 48.6 Å². The number of hydrogen-bond acceptors (Lipinski definition) is 4. The van der Waals surface area contributed by atoms with Crippen LogP contribution in [0.1, 0.15) is 74.7 Å². The van der Waals surface area contributed by atoms with E-state index in [1.54, 1.807) is 18.2 Å². The fourth-order valence-corrected chi connectivity index (χ4v) is 3.00. The van der Waals surface area contributed by atoms with E-state index in [9.17, 15) is 9.59 Å². The lowest BCUT2D eigenvalue weighted by Crippen LogP contribution is -2.43. The molecular formula is C25H34N2O4. The third-order valence-corrected chi connectivity index (χ3v) is 5.13. The summed E-state index contributed by atoms with van der Waals surface area (Å²) in [4.78, 5) is 24.5. The molecule has 0 spiro atoms. The third-order valence-electron chi connectivity index (χ3n) is 5.13. The van der Waals surface area contributed by atoms with Crippen LogP contribution in [0.3, 0.4) is 0 Å². The monoisotopic (exact) mass is 426 g/mol. The van der Waals surface area contributed by atoms with Gasteiger partial charge in [0.2, 0.25) is 0 Å². The molecule has 2 rings (SSSR count). The van der Waals surface area contributed by atoms with Gasteiger partial charge in [0.25, 0.3) is 11.8 Å². The minimum atomic E-state index is -0.447. The molecule has 2 aromatic rings. The van der Waals surface area contributed by atoms with Gasteiger partial charge >= 0.3 is 0 Å². The van der Waals surface area contributed by atoms with Crippen LogP contribution in [0.5, 0.6) is 11.5 Å². The fraction of sp³-hybridized carbons (Fsp3) is 0.440. The molecule has 0 aromatic heterocycles. The van der Waals surface area contributed by atoms with E-state index in [-0.39, 0.29) is 6.61 Å². The average Bonchev–Trinajstić information content (AvgIpc) is 2.81. The summed E-state index contributed by atoms with van der Waals surface area (Å²) in [6.45, 7) is 6.83. The molecule has 0 heterocycles. The minimum Gasteiger partial charge on any atom is -0.493 e. The van der Waals surface area contributed by atoms with Crippen molar-refractivity contribution in [2.45, 2.75) is 58.8 Å². The molecule has 6 heteroatoms. The van der Waals surface area contributed by atoms with E-state index in [1.165, 1.54) is 12.0 Å². The van der Waals surface area contributed by atoms with Crippen molar-refractivity contribution >= 4 is 11.8 Å². The van der Waals surface area contributed by atoms with Crippen LogP contribution >= 0.6 is 0 Å². The van der Waals surface area contributed by atoms with Crippen molar-refractivity contribution in [3.8, 4) is 11.5 Å². The molecule has 2 aromatic carbocycles. The molecule has 2 amide bonds. The average molecular weight is 427 g/mol. The van der Waals surface area contributed by atoms with Crippen LogP contribution in [0.15, 0.2) is 48.5 Å². The summed E-state index contributed by atoms with van der Waals surface area (Å²) in [5.74, 6) is 0.710. The van der Waals surface area contributed by atoms with E-state index in [2.05, 4.69) is 31.6 Å². The predicted octanol–water partition coefficient (Wildman–Crippen LogP) is 5.00. The second-order valence-corrected chi connectivity index (χ2v) is 7.57. The highest BCUT2D eigenvalue weighted by Crippen LogP contribution is 2.21. The van der Waals surface area contributed by atoms with Crippen LogP contribution in [0.25, 0.3) is 0 Å². The number of ether oxygens (including phenoxy) is 2. The summed E-state index contributed by atoms with van der Waals surface area (Å²) < 4.78 is 11.2. The maximum Gasteiger partial charge on any atom is 0.276 e. The largest absolute Gasteiger partial charge is 0.493 e. The number of hydrazine groups is 1. The first-order valence-corrected chi connectivity index (χ1v) is 11.1. The van der Waals surface area contributed by atoms with E-state index < -0.39 is 11.8 Å². The van der Waals surface area contributed by atoms with E-state index >= 15 is 0 Å². The first-order chi connectivity index (χ1) is 15.0. The van der Waals surface area contributed by atoms with Gasteiger partial charge in [0.15, 0.2) is 6.61 Å². The minimum absolute atomic E-state index is 0.196. The third kappa shape index (κ3) is 8.32. The summed E-state index contributed by atoms with van der Waals surface area (Å²) in [6.07, 6.45) is 5.43. The molecule has 0 unspecified atom stereocenters. The SMILES string of the molecule is CCCCCCOc1ccccc1C(=O)NNC(=O)COc1ccc([C@H](C)CC)cc1. The lowest BCUT2D eigenvalue weighted by atomic mass is 9.99. The molecule has 0 aliphatic rings. The van der Waals surface area contributed by atoms with E-state index in [0.29, 0.717) is 29.6 Å². The van der Waals surface area contributed by atoms with E-state index in [4.69, 9.17) is 9.47 Å². The molecule has 1 atom stereocenters. The van der Waals surface area contributed by atoms with Crippen LogP contribution in [0.2, 0.25) is 0 Å². The van der Waals surface area contributed by atoms with Crippen LogP contribution in [0.4, 0.5) is 0 Å². The summed E-state index contributed by atoms with van der Waals surface area (Å²) in [5, 5.41) is 0. The van der Waals surface area contributed by atoms with Crippen molar-refractivity contribution < 1.29 is 19.1 Å². The molecule has 0 aliphatic carbocycles. The molecule has 0 bridgehead atoms. The lowest BCUT2D eigenvalue weighted by molar-refractivity contribution is -0.123. The normalized spacial score (nSPS) is 11.5. The number of unbranched alkanes of at least 4 members (excludes halogenated alkanes) is 3. The second-order valence-electron chi connectivity index (χ2n) is 7.57. The molecule has 168 valence electrons. The summed E-state index contributed by atoms with van der Waals surface area (Å²) >= 11 is 0. The topological polar surface area (TPSA) is 76.7 Å². The van der Waals surface area contributed by atoms with Gasteiger partial charge in [-0.2, -0.15) is 0 Å². The highest BCUT2D eigenvalue weighted by Gasteiger charge is 2.13.